The Bertz CT molecular complexity index is 190. The third-order valence-electron chi connectivity index (χ3n) is 2.45. The number of methoxy groups -OCH3 is 1. The predicted octanol–water partition coefficient (Wildman–Crippen LogP) is 1.05. The average Bonchev–Trinajstić information content (AvgIpc) is 2.35. The molecule has 2 unspecified atom stereocenters. The van der Waals surface area contributed by atoms with Crippen molar-refractivity contribution in [1.82, 2.24) is 5.32 Å². The average molecular weight is 277 g/mol. The second-order valence-corrected chi connectivity index (χ2v) is 5.28. The van der Waals surface area contributed by atoms with E-state index < -0.39 is 6.10 Å². The van der Waals surface area contributed by atoms with Gasteiger partial charge in [-0.25, -0.2) is 0 Å². The summed E-state index contributed by atoms with van der Waals surface area (Å²) in [7, 11) is 1.64. The minimum absolute atomic E-state index is 0.0177. The first kappa shape index (κ1) is 18.8. The number of hydrogen-bond donors (Lipinski definition) is 2. The van der Waals surface area contributed by atoms with Crippen molar-refractivity contribution in [3.63, 3.8) is 0 Å². The molecular weight excluding hydrogens is 246 g/mol. The van der Waals surface area contributed by atoms with Crippen molar-refractivity contribution in [2.45, 2.75) is 39.4 Å². The van der Waals surface area contributed by atoms with Gasteiger partial charge in [-0.3, -0.25) is 0 Å². The van der Waals surface area contributed by atoms with Crippen molar-refractivity contribution < 1.29 is 19.3 Å². The Hall–Kier alpha value is -0.200. The Morgan fingerprint density at radius 2 is 1.84 bits per heavy atom. The summed E-state index contributed by atoms with van der Waals surface area (Å²) in [5.41, 5.74) is 0. The van der Waals surface area contributed by atoms with Gasteiger partial charge in [0.25, 0.3) is 0 Å². The van der Waals surface area contributed by atoms with Gasteiger partial charge in [-0.2, -0.15) is 0 Å². The standard InChI is InChI=1S/C14H31NO4/c1-12(2)9-18-7-5-6-15-8-14(16)11-19-13(3)10-17-4/h12-16H,5-11H2,1-4H3. The maximum Gasteiger partial charge on any atom is 0.0897 e. The third-order valence-corrected chi connectivity index (χ3v) is 2.45. The number of hydrogen-bond acceptors (Lipinski definition) is 5. The zero-order valence-corrected chi connectivity index (χ0v) is 12.9. The molecule has 0 aliphatic carbocycles. The largest absolute Gasteiger partial charge is 0.389 e. The molecule has 116 valence electrons. The minimum Gasteiger partial charge on any atom is -0.389 e. The van der Waals surface area contributed by atoms with E-state index in [1.165, 1.54) is 0 Å². The minimum atomic E-state index is -0.476. The number of rotatable bonds is 13. The van der Waals surface area contributed by atoms with Gasteiger partial charge in [0.05, 0.1) is 25.4 Å². The highest BCUT2D eigenvalue weighted by molar-refractivity contribution is 4.60. The second-order valence-electron chi connectivity index (χ2n) is 5.28. The zero-order chi connectivity index (χ0) is 14.5. The number of ether oxygens (including phenoxy) is 3. The van der Waals surface area contributed by atoms with Crippen LogP contribution in [0.2, 0.25) is 0 Å². The van der Waals surface area contributed by atoms with E-state index in [1.807, 2.05) is 6.92 Å². The first-order chi connectivity index (χ1) is 9.06. The highest BCUT2D eigenvalue weighted by Gasteiger charge is 2.07. The lowest BCUT2D eigenvalue weighted by Crippen LogP contribution is -2.33. The fourth-order valence-electron chi connectivity index (χ4n) is 1.50. The van der Waals surface area contributed by atoms with E-state index in [2.05, 4.69) is 19.2 Å². The topological polar surface area (TPSA) is 60.0 Å². The molecule has 0 aromatic rings. The van der Waals surface area contributed by atoms with Crippen molar-refractivity contribution in [2.75, 3.05) is 46.6 Å². The molecule has 0 aliphatic rings. The van der Waals surface area contributed by atoms with Crippen LogP contribution in [0.25, 0.3) is 0 Å². The summed E-state index contributed by atoms with van der Waals surface area (Å²) in [6.45, 7) is 10.1. The summed E-state index contributed by atoms with van der Waals surface area (Å²) in [5, 5.41) is 12.9. The highest BCUT2D eigenvalue weighted by atomic mass is 16.5. The molecule has 0 saturated heterocycles. The quantitative estimate of drug-likeness (QED) is 0.493. The van der Waals surface area contributed by atoms with Gasteiger partial charge in [-0.15, -0.1) is 0 Å². The van der Waals surface area contributed by atoms with Crippen molar-refractivity contribution >= 4 is 0 Å². The first-order valence-corrected chi connectivity index (χ1v) is 7.13. The van der Waals surface area contributed by atoms with Gasteiger partial charge in [-0.05, 0) is 25.8 Å². The van der Waals surface area contributed by atoms with Crippen molar-refractivity contribution in [2.24, 2.45) is 5.92 Å². The molecule has 19 heavy (non-hydrogen) atoms. The molecule has 0 heterocycles. The van der Waals surface area contributed by atoms with E-state index in [9.17, 15) is 5.11 Å². The summed E-state index contributed by atoms with van der Waals surface area (Å²) < 4.78 is 15.8. The molecule has 0 fully saturated rings. The Morgan fingerprint density at radius 3 is 2.47 bits per heavy atom. The zero-order valence-electron chi connectivity index (χ0n) is 12.9. The lowest BCUT2D eigenvalue weighted by atomic mass is 10.2. The molecule has 2 N–H and O–H groups in total. The third kappa shape index (κ3) is 14.0. The second kappa shape index (κ2) is 12.8. The molecular formula is C14H31NO4. The SMILES string of the molecule is COCC(C)OCC(O)CNCCCOCC(C)C. The molecule has 0 aromatic carbocycles. The highest BCUT2D eigenvalue weighted by Crippen LogP contribution is 1.94. The molecule has 0 bridgehead atoms. The number of aliphatic hydroxyl groups is 1. The maximum absolute atomic E-state index is 9.68. The van der Waals surface area contributed by atoms with E-state index in [4.69, 9.17) is 14.2 Å². The normalized spacial score (nSPS) is 14.8. The van der Waals surface area contributed by atoms with Crippen molar-refractivity contribution in [1.29, 1.82) is 0 Å². The lowest BCUT2D eigenvalue weighted by Gasteiger charge is -2.16. The molecule has 0 radical (unpaired) electrons. The van der Waals surface area contributed by atoms with Gasteiger partial charge in [0, 0.05) is 26.9 Å². The lowest BCUT2D eigenvalue weighted by molar-refractivity contribution is -0.0311. The summed E-state index contributed by atoms with van der Waals surface area (Å²) in [6.07, 6.45) is 0.500. The van der Waals surface area contributed by atoms with Crippen molar-refractivity contribution in [3.8, 4) is 0 Å². The molecule has 0 aromatic heterocycles. The van der Waals surface area contributed by atoms with Gasteiger partial charge < -0.3 is 24.6 Å². The van der Waals surface area contributed by atoms with Crippen LogP contribution in [-0.4, -0.2) is 63.9 Å². The number of nitrogens with one attached hydrogen (secondary N) is 1. The van der Waals surface area contributed by atoms with Crippen LogP contribution in [0.1, 0.15) is 27.2 Å². The van der Waals surface area contributed by atoms with Crippen LogP contribution in [0, 0.1) is 5.92 Å². The molecule has 0 saturated carbocycles. The summed E-state index contributed by atoms with van der Waals surface area (Å²) >= 11 is 0. The molecule has 5 heteroatoms. The molecule has 0 spiro atoms. The molecule has 2 atom stereocenters. The van der Waals surface area contributed by atoms with E-state index >= 15 is 0 Å². The molecule has 0 amide bonds. The molecule has 5 nitrogen and oxygen atoms in total. The predicted molar refractivity (Wildman–Crippen MR) is 76.4 cm³/mol. The summed E-state index contributed by atoms with van der Waals surface area (Å²) in [4.78, 5) is 0. The van der Waals surface area contributed by atoms with E-state index in [1.54, 1.807) is 7.11 Å². The van der Waals surface area contributed by atoms with Crippen LogP contribution in [0.5, 0.6) is 0 Å². The molecule has 0 rings (SSSR count). The van der Waals surface area contributed by atoms with Crippen LogP contribution in [0.4, 0.5) is 0 Å². The van der Waals surface area contributed by atoms with Crippen LogP contribution in [0.3, 0.4) is 0 Å². The first-order valence-electron chi connectivity index (χ1n) is 7.13. The molecule has 0 aliphatic heterocycles. The van der Waals surface area contributed by atoms with Crippen LogP contribution < -0.4 is 5.32 Å². The number of aliphatic hydroxyl groups excluding tert-OH is 1. The van der Waals surface area contributed by atoms with E-state index in [-0.39, 0.29) is 6.10 Å². The smallest absolute Gasteiger partial charge is 0.0897 e. The maximum atomic E-state index is 9.68. The Balaban J connectivity index is 3.26. The van der Waals surface area contributed by atoms with Gasteiger partial charge in [0.2, 0.25) is 0 Å². The van der Waals surface area contributed by atoms with Crippen LogP contribution in [-0.2, 0) is 14.2 Å². The van der Waals surface area contributed by atoms with Gasteiger partial charge in [-0.1, -0.05) is 13.8 Å². The monoisotopic (exact) mass is 277 g/mol. The Kier molecular flexibility index (Phi) is 12.7. The van der Waals surface area contributed by atoms with Gasteiger partial charge in [0.1, 0.15) is 0 Å². The van der Waals surface area contributed by atoms with E-state index in [0.717, 1.165) is 26.2 Å². The van der Waals surface area contributed by atoms with Gasteiger partial charge >= 0.3 is 0 Å². The Morgan fingerprint density at radius 1 is 1.11 bits per heavy atom. The summed E-state index contributed by atoms with van der Waals surface area (Å²) in [6, 6.07) is 0. The fraction of sp³-hybridized carbons (Fsp3) is 1.00. The van der Waals surface area contributed by atoms with Crippen LogP contribution in [0.15, 0.2) is 0 Å². The fourth-order valence-corrected chi connectivity index (χ4v) is 1.50. The Labute approximate surface area is 117 Å². The van der Waals surface area contributed by atoms with Gasteiger partial charge in [0.15, 0.2) is 0 Å². The van der Waals surface area contributed by atoms with Crippen molar-refractivity contribution in [3.05, 3.63) is 0 Å². The van der Waals surface area contributed by atoms with E-state index in [0.29, 0.717) is 25.7 Å². The van der Waals surface area contributed by atoms with Crippen LogP contribution >= 0.6 is 0 Å². The summed E-state index contributed by atoms with van der Waals surface area (Å²) in [5.74, 6) is 0.584.